The highest BCUT2D eigenvalue weighted by atomic mass is 79.9. The first-order valence-corrected chi connectivity index (χ1v) is 16.2. The predicted octanol–water partition coefficient (Wildman–Crippen LogP) is 5.33. The molecule has 9 nitrogen and oxygen atoms in total. The second-order valence-electron chi connectivity index (χ2n) is 11.5. The molecule has 2 amide bonds. The Morgan fingerprint density at radius 2 is 1.55 bits per heavy atom. The molecule has 0 unspecified atom stereocenters. The van der Waals surface area contributed by atoms with Crippen molar-refractivity contribution in [2.75, 3.05) is 44.2 Å². The summed E-state index contributed by atoms with van der Waals surface area (Å²) in [6, 6.07) is 21.4. The number of amides is 2. The zero-order chi connectivity index (χ0) is 33.3. The van der Waals surface area contributed by atoms with Gasteiger partial charge in [-0.05, 0) is 64.0 Å². The highest BCUT2D eigenvalue weighted by Gasteiger charge is 2.34. The summed E-state index contributed by atoms with van der Waals surface area (Å²) in [5.74, 6) is -0.744. The zero-order valence-corrected chi connectivity index (χ0v) is 27.5. The molecule has 1 aromatic heterocycles. The second-order valence-corrected chi connectivity index (χ2v) is 12.7. The summed E-state index contributed by atoms with van der Waals surface area (Å²) in [6.07, 6.45) is -4.24. The summed E-state index contributed by atoms with van der Waals surface area (Å²) >= 11 is 9.59. The second kappa shape index (κ2) is 13.6. The van der Waals surface area contributed by atoms with Gasteiger partial charge in [0.1, 0.15) is 5.69 Å². The molecule has 1 N–H and O–H groups in total. The highest BCUT2D eigenvalue weighted by Crippen LogP contribution is 2.27. The van der Waals surface area contributed by atoms with Gasteiger partial charge < -0.3 is 15.1 Å². The van der Waals surface area contributed by atoms with Crippen LogP contribution in [0, 0.1) is 0 Å². The summed E-state index contributed by atoms with van der Waals surface area (Å²) in [7, 11) is 0. The summed E-state index contributed by atoms with van der Waals surface area (Å²) in [6.45, 7) is 1.19. The molecule has 1 saturated heterocycles. The van der Waals surface area contributed by atoms with Gasteiger partial charge in [0.2, 0.25) is 0 Å². The fraction of sp³-hybridized carbons (Fsp3) is 0.303. The Balaban J connectivity index is 1.29. The van der Waals surface area contributed by atoms with E-state index in [-0.39, 0.29) is 50.9 Å². The molecule has 6 rings (SSSR count). The van der Waals surface area contributed by atoms with Gasteiger partial charge in [-0.2, -0.15) is 13.2 Å². The number of carbonyl (C=O) groups excluding carboxylic acids is 2. The van der Waals surface area contributed by atoms with Crippen LogP contribution in [0.2, 0.25) is 5.02 Å². The van der Waals surface area contributed by atoms with Gasteiger partial charge in [0.05, 0.1) is 29.5 Å². The maximum Gasteiger partial charge on any atom is 0.401 e. The molecular formula is C33H31BrClF3N6O3. The van der Waals surface area contributed by atoms with Crippen molar-refractivity contribution >= 4 is 45.0 Å². The number of hydrogen-bond donors (Lipinski definition) is 1. The van der Waals surface area contributed by atoms with E-state index in [9.17, 15) is 27.6 Å². The zero-order valence-electron chi connectivity index (χ0n) is 25.1. The van der Waals surface area contributed by atoms with Gasteiger partial charge in [0.15, 0.2) is 0 Å². The molecule has 1 fully saturated rings. The van der Waals surface area contributed by atoms with Crippen molar-refractivity contribution in [3.8, 4) is 5.69 Å². The van der Waals surface area contributed by atoms with Crippen molar-refractivity contribution in [2.24, 2.45) is 0 Å². The summed E-state index contributed by atoms with van der Waals surface area (Å²) < 4.78 is 42.1. The summed E-state index contributed by atoms with van der Waals surface area (Å²) in [5.41, 5.74) is 2.66. The smallest absolute Gasteiger partial charge is 0.369 e. The fourth-order valence-electron chi connectivity index (χ4n) is 6.01. The molecule has 246 valence electrons. The number of nitrogens with zero attached hydrogens (tertiary/aromatic N) is 5. The van der Waals surface area contributed by atoms with Gasteiger partial charge in [-0.25, -0.2) is 4.79 Å². The fourth-order valence-corrected chi connectivity index (χ4v) is 6.44. The Morgan fingerprint density at radius 3 is 2.21 bits per heavy atom. The standard InChI is InChI=1S/C33H31BrClF3N6O3/c34-26-11-6-23(18-27(26)35)31(46)42-16-17-43-28(20-42)29(30(45)39-19-22-4-2-1-3-5-22)44(32(43)47)25-9-7-24(8-10-25)41-14-12-40(13-15-41)21-33(36,37)38/h1-11,18H,12-17,19-21H2,(H,39,45). The average molecular weight is 732 g/mol. The van der Waals surface area contributed by atoms with Crippen LogP contribution in [0.25, 0.3) is 5.69 Å². The SMILES string of the molecule is O=C(NCc1ccccc1)c1c2n(c(=O)n1-c1ccc(N3CCN(CC(F)(F)F)CC3)cc1)CCN(C(=O)c1ccc(Br)c(Cl)c1)C2. The lowest BCUT2D eigenvalue weighted by Crippen LogP contribution is -2.49. The van der Waals surface area contributed by atoms with Crippen LogP contribution in [-0.4, -0.2) is 76.2 Å². The summed E-state index contributed by atoms with van der Waals surface area (Å²) in [4.78, 5) is 46.2. The molecule has 47 heavy (non-hydrogen) atoms. The van der Waals surface area contributed by atoms with Crippen LogP contribution in [0.1, 0.15) is 32.1 Å². The van der Waals surface area contributed by atoms with E-state index >= 15 is 0 Å². The van der Waals surface area contributed by atoms with Crippen LogP contribution in [-0.2, 0) is 19.6 Å². The van der Waals surface area contributed by atoms with E-state index in [2.05, 4.69) is 21.2 Å². The molecule has 2 aliphatic rings. The van der Waals surface area contributed by atoms with Gasteiger partial charge in [-0.15, -0.1) is 0 Å². The minimum absolute atomic E-state index is 0.0309. The van der Waals surface area contributed by atoms with Gasteiger partial charge in [-0.1, -0.05) is 41.9 Å². The maximum absolute atomic E-state index is 13.9. The Labute approximate surface area is 282 Å². The molecule has 0 radical (unpaired) electrons. The highest BCUT2D eigenvalue weighted by molar-refractivity contribution is 9.10. The van der Waals surface area contributed by atoms with Crippen molar-refractivity contribution < 1.29 is 22.8 Å². The number of imidazole rings is 1. The molecule has 3 heterocycles. The molecule has 0 atom stereocenters. The Kier molecular flexibility index (Phi) is 9.49. The van der Waals surface area contributed by atoms with Crippen molar-refractivity contribution in [1.29, 1.82) is 0 Å². The molecule has 0 aliphatic carbocycles. The van der Waals surface area contributed by atoms with E-state index in [4.69, 9.17) is 11.6 Å². The number of hydrogen-bond acceptors (Lipinski definition) is 5. The largest absolute Gasteiger partial charge is 0.401 e. The van der Waals surface area contributed by atoms with Crippen LogP contribution in [0.5, 0.6) is 0 Å². The van der Waals surface area contributed by atoms with Crippen molar-refractivity contribution in [2.45, 2.75) is 25.8 Å². The van der Waals surface area contributed by atoms with Crippen molar-refractivity contribution in [1.82, 2.24) is 24.3 Å². The van der Waals surface area contributed by atoms with Crippen LogP contribution in [0.4, 0.5) is 18.9 Å². The van der Waals surface area contributed by atoms with Gasteiger partial charge >= 0.3 is 11.9 Å². The minimum Gasteiger partial charge on any atom is -0.369 e. The maximum atomic E-state index is 13.9. The number of benzene rings is 3. The number of halogens is 5. The molecule has 0 spiro atoms. The number of fused-ring (bicyclic) bond motifs is 1. The van der Waals surface area contributed by atoms with Crippen molar-refractivity contribution in [3.63, 3.8) is 0 Å². The van der Waals surface area contributed by atoms with Crippen LogP contribution < -0.4 is 15.9 Å². The molecular weight excluding hydrogens is 701 g/mol. The number of alkyl halides is 3. The predicted molar refractivity (Wildman–Crippen MR) is 176 cm³/mol. The van der Waals surface area contributed by atoms with E-state index in [0.29, 0.717) is 39.5 Å². The van der Waals surface area contributed by atoms with E-state index in [1.807, 2.05) is 35.2 Å². The number of anilines is 1. The van der Waals surface area contributed by atoms with Crippen LogP contribution in [0.15, 0.2) is 82.1 Å². The molecule has 3 aromatic carbocycles. The Hall–Kier alpha value is -4.07. The number of carbonyl (C=O) groups is 2. The van der Waals surface area contributed by atoms with Gasteiger partial charge in [0.25, 0.3) is 11.8 Å². The first-order chi connectivity index (χ1) is 22.5. The lowest BCUT2D eigenvalue weighted by atomic mass is 10.1. The van der Waals surface area contributed by atoms with E-state index in [1.165, 1.54) is 14.0 Å². The summed E-state index contributed by atoms with van der Waals surface area (Å²) in [5, 5.41) is 3.32. The monoisotopic (exact) mass is 730 g/mol. The van der Waals surface area contributed by atoms with E-state index in [1.54, 1.807) is 47.4 Å². The first-order valence-electron chi connectivity index (χ1n) is 15.0. The normalized spacial score (nSPS) is 15.4. The van der Waals surface area contributed by atoms with Gasteiger partial charge in [0, 0.05) is 61.5 Å². The molecule has 0 saturated carbocycles. The minimum atomic E-state index is -4.24. The first kappa shape index (κ1) is 32.9. The number of piperazine rings is 1. The topological polar surface area (TPSA) is 82.8 Å². The van der Waals surface area contributed by atoms with Crippen LogP contribution >= 0.6 is 27.5 Å². The molecule has 2 aliphatic heterocycles. The molecule has 0 bridgehead atoms. The lowest BCUT2D eigenvalue weighted by molar-refractivity contribution is -0.146. The number of aromatic nitrogens is 2. The third-order valence-corrected chi connectivity index (χ3v) is 9.62. The quantitative estimate of drug-likeness (QED) is 0.278. The molecule has 4 aromatic rings. The van der Waals surface area contributed by atoms with E-state index in [0.717, 1.165) is 11.3 Å². The van der Waals surface area contributed by atoms with Crippen LogP contribution in [0.3, 0.4) is 0 Å². The van der Waals surface area contributed by atoms with E-state index < -0.39 is 24.3 Å². The lowest BCUT2D eigenvalue weighted by Gasteiger charge is -2.36. The number of rotatable bonds is 7. The number of nitrogens with one attached hydrogen (secondary N) is 1. The Morgan fingerprint density at radius 1 is 0.872 bits per heavy atom. The molecule has 14 heteroatoms. The third-order valence-electron chi connectivity index (χ3n) is 8.39. The average Bonchev–Trinajstić information content (AvgIpc) is 3.36. The third kappa shape index (κ3) is 7.26. The van der Waals surface area contributed by atoms with Crippen molar-refractivity contribution in [3.05, 3.63) is 115 Å². The van der Waals surface area contributed by atoms with Gasteiger partial charge in [-0.3, -0.25) is 23.6 Å². The Bertz CT molecular complexity index is 1840.